The molecule has 0 aromatic heterocycles. The van der Waals surface area contributed by atoms with Gasteiger partial charge in [0.25, 0.3) is 5.69 Å². The molecule has 0 radical (unpaired) electrons. The molecule has 2 rings (SSSR count). The van der Waals surface area contributed by atoms with E-state index >= 15 is 0 Å². The third kappa shape index (κ3) is 2.96. The average molecular weight is 279 g/mol. The highest BCUT2D eigenvalue weighted by Gasteiger charge is 2.34. The first-order chi connectivity index (χ1) is 9.52. The number of carbonyl (C=O) groups excluding carboxylic acids is 1. The summed E-state index contributed by atoms with van der Waals surface area (Å²) < 4.78 is 4.75. The molecule has 1 N–H and O–H groups in total. The molecule has 0 amide bonds. The number of methoxy groups -OCH3 is 1. The van der Waals surface area contributed by atoms with E-state index in [9.17, 15) is 20.0 Å². The van der Waals surface area contributed by atoms with Crippen molar-refractivity contribution in [2.75, 3.05) is 7.11 Å². The van der Waals surface area contributed by atoms with Crippen LogP contribution >= 0.6 is 0 Å². The Hall–Kier alpha value is -1.95. The van der Waals surface area contributed by atoms with E-state index in [2.05, 4.69) is 0 Å². The predicted molar refractivity (Wildman–Crippen MR) is 71.2 cm³/mol. The number of hydrogen-bond donors (Lipinski definition) is 1. The van der Waals surface area contributed by atoms with E-state index in [0.29, 0.717) is 19.3 Å². The highest BCUT2D eigenvalue weighted by molar-refractivity contribution is 5.72. The van der Waals surface area contributed by atoms with Gasteiger partial charge in [-0.15, -0.1) is 0 Å². The number of hydrogen-bond acceptors (Lipinski definition) is 5. The van der Waals surface area contributed by atoms with Crippen molar-refractivity contribution in [2.24, 2.45) is 5.92 Å². The summed E-state index contributed by atoms with van der Waals surface area (Å²) in [7, 11) is 1.36. The van der Waals surface area contributed by atoms with Gasteiger partial charge in [0.1, 0.15) is 0 Å². The van der Waals surface area contributed by atoms with Crippen LogP contribution < -0.4 is 0 Å². The molecule has 0 bridgehead atoms. The molecule has 0 unspecified atom stereocenters. The van der Waals surface area contributed by atoms with E-state index < -0.39 is 11.0 Å². The first kappa shape index (κ1) is 14.5. The number of nitro benzene ring substituents is 1. The van der Waals surface area contributed by atoms with Crippen molar-refractivity contribution < 1.29 is 19.6 Å². The molecule has 3 atom stereocenters. The Morgan fingerprint density at radius 2 is 2.00 bits per heavy atom. The third-order valence-corrected chi connectivity index (χ3v) is 3.88. The molecule has 0 saturated heterocycles. The van der Waals surface area contributed by atoms with E-state index in [1.54, 1.807) is 12.1 Å². The van der Waals surface area contributed by atoms with Crippen LogP contribution in [0.2, 0.25) is 0 Å². The van der Waals surface area contributed by atoms with Crippen LogP contribution in [-0.2, 0) is 9.53 Å². The molecule has 1 aromatic rings. The lowest BCUT2D eigenvalue weighted by atomic mass is 9.76. The third-order valence-electron chi connectivity index (χ3n) is 3.88. The second-order valence-electron chi connectivity index (χ2n) is 5.06. The molecule has 0 aliphatic heterocycles. The normalized spacial score (nSPS) is 26.0. The maximum absolute atomic E-state index is 11.6. The molecule has 1 aromatic carbocycles. The summed E-state index contributed by atoms with van der Waals surface area (Å²) in [6.07, 6.45) is 1.11. The minimum Gasteiger partial charge on any atom is -0.469 e. The molecule has 108 valence electrons. The molecule has 6 nitrogen and oxygen atoms in total. The molecule has 20 heavy (non-hydrogen) atoms. The predicted octanol–water partition coefficient (Wildman–Crippen LogP) is 2.01. The molecule has 1 fully saturated rings. The zero-order valence-corrected chi connectivity index (χ0v) is 11.2. The Labute approximate surface area is 116 Å². The minimum atomic E-state index is -0.530. The Balaban J connectivity index is 2.16. The van der Waals surface area contributed by atoms with Gasteiger partial charge in [-0.05, 0) is 24.8 Å². The lowest BCUT2D eigenvalue weighted by molar-refractivity contribution is -0.384. The van der Waals surface area contributed by atoms with Gasteiger partial charge < -0.3 is 9.84 Å². The number of nitro groups is 1. The Morgan fingerprint density at radius 3 is 2.55 bits per heavy atom. The lowest BCUT2D eigenvalue weighted by Gasteiger charge is -2.32. The zero-order valence-electron chi connectivity index (χ0n) is 11.2. The monoisotopic (exact) mass is 279 g/mol. The second kappa shape index (κ2) is 6.00. The summed E-state index contributed by atoms with van der Waals surface area (Å²) in [5.74, 6) is -0.666. The smallest absolute Gasteiger partial charge is 0.308 e. The number of benzene rings is 1. The van der Waals surface area contributed by atoms with Crippen LogP contribution in [0.1, 0.15) is 30.7 Å². The van der Waals surface area contributed by atoms with Crippen LogP contribution in [0.15, 0.2) is 24.3 Å². The fourth-order valence-electron chi connectivity index (χ4n) is 2.74. The fourth-order valence-corrected chi connectivity index (χ4v) is 2.74. The molecule has 0 spiro atoms. The number of nitrogens with zero attached hydrogens (tertiary/aromatic N) is 1. The molecule has 1 saturated carbocycles. The second-order valence-corrected chi connectivity index (χ2v) is 5.06. The summed E-state index contributed by atoms with van der Waals surface area (Å²) in [5, 5.41) is 20.7. The fraction of sp³-hybridized carbons (Fsp3) is 0.500. The lowest BCUT2D eigenvalue weighted by Crippen LogP contribution is -2.31. The highest BCUT2D eigenvalue weighted by Crippen LogP contribution is 2.37. The van der Waals surface area contributed by atoms with Crippen LogP contribution in [0.5, 0.6) is 0 Å². The van der Waals surface area contributed by atoms with Gasteiger partial charge >= 0.3 is 5.97 Å². The van der Waals surface area contributed by atoms with Crippen LogP contribution in [0, 0.1) is 16.0 Å². The topological polar surface area (TPSA) is 89.7 Å². The first-order valence-corrected chi connectivity index (χ1v) is 6.53. The Morgan fingerprint density at radius 1 is 1.35 bits per heavy atom. The number of ether oxygens (including phenoxy) is 1. The molecular weight excluding hydrogens is 262 g/mol. The summed E-state index contributed by atoms with van der Waals surface area (Å²) >= 11 is 0. The van der Waals surface area contributed by atoms with Crippen molar-refractivity contribution in [3.8, 4) is 0 Å². The van der Waals surface area contributed by atoms with E-state index in [0.717, 1.165) is 5.56 Å². The van der Waals surface area contributed by atoms with Gasteiger partial charge in [0.05, 0.1) is 24.1 Å². The maximum atomic E-state index is 11.6. The van der Waals surface area contributed by atoms with Crippen molar-refractivity contribution >= 4 is 11.7 Å². The van der Waals surface area contributed by atoms with Crippen LogP contribution in [0.4, 0.5) is 5.69 Å². The molecular formula is C14H17NO5. The van der Waals surface area contributed by atoms with Crippen molar-refractivity contribution in [1.29, 1.82) is 0 Å². The zero-order chi connectivity index (χ0) is 14.7. The largest absolute Gasteiger partial charge is 0.469 e. The number of aliphatic hydroxyl groups is 1. The van der Waals surface area contributed by atoms with Crippen LogP contribution in [-0.4, -0.2) is 29.2 Å². The summed E-state index contributed by atoms with van der Waals surface area (Å²) in [6, 6.07) is 6.13. The number of esters is 1. The first-order valence-electron chi connectivity index (χ1n) is 6.53. The SMILES string of the molecule is COC(=O)[C@@H]1CC[C@H](O)[C@@H](c2ccc([N+](=O)[O-])cc2)C1. The summed E-state index contributed by atoms with van der Waals surface area (Å²) in [5.41, 5.74) is 0.834. The van der Waals surface area contributed by atoms with Gasteiger partial charge in [0, 0.05) is 18.1 Å². The molecule has 1 aliphatic carbocycles. The number of aliphatic hydroxyl groups excluding tert-OH is 1. The van der Waals surface area contributed by atoms with Gasteiger partial charge in [0.2, 0.25) is 0 Å². The molecule has 0 heterocycles. The Bertz CT molecular complexity index is 499. The van der Waals surface area contributed by atoms with Gasteiger partial charge in [0.15, 0.2) is 0 Å². The molecule has 1 aliphatic rings. The van der Waals surface area contributed by atoms with E-state index in [-0.39, 0.29) is 23.5 Å². The quantitative estimate of drug-likeness (QED) is 0.519. The van der Waals surface area contributed by atoms with Crippen molar-refractivity contribution in [2.45, 2.75) is 31.3 Å². The summed E-state index contributed by atoms with van der Waals surface area (Å²) in [4.78, 5) is 21.8. The van der Waals surface area contributed by atoms with Crippen molar-refractivity contribution in [1.82, 2.24) is 0 Å². The summed E-state index contributed by atoms with van der Waals surface area (Å²) in [6.45, 7) is 0. The van der Waals surface area contributed by atoms with E-state index in [4.69, 9.17) is 4.74 Å². The standard InChI is InChI=1S/C14H17NO5/c1-20-14(17)10-4-7-13(16)12(8-10)9-2-5-11(6-3-9)15(18)19/h2-3,5-6,10,12-13,16H,4,7-8H2,1H3/t10-,12-,13+/m1/s1. The van der Waals surface area contributed by atoms with Crippen LogP contribution in [0.25, 0.3) is 0 Å². The van der Waals surface area contributed by atoms with E-state index in [1.807, 2.05) is 0 Å². The van der Waals surface area contributed by atoms with Gasteiger partial charge in [-0.1, -0.05) is 12.1 Å². The molecule has 6 heteroatoms. The van der Waals surface area contributed by atoms with Gasteiger partial charge in [-0.25, -0.2) is 0 Å². The number of non-ortho nitro benzene ring substituents is 1. The average Bonchev–Trinajstić information content (AvgIpc) is 2.47. The number of rotatable bonds is 3. The Kier molecular flexibility index (Phi) is 4.34. The highest BCUT2D eigenvalue weighted by atomic mass is 16.6. The van der Waals surface area contributed by atoms with Crippen LogP contribution in [0.3, 0.4) is 0 Å². The number of carbonyl (C=O) groups is 1. The maximum Gasteiger partial charge on any atom is 0.308 e. The van der Waals surface area contributed by atoms with Crippen molar-refractivity contribution in [3.05, 3.63) is 39.9 Å². The minimum absolute atomic E-state index is 0.0172. The van der Waals surface area contributed by atoms with E-state index in [1.165, 1.54) is 19.2 Å². The van der Waals surface area contributed by atoms with Crippen molar-refractivity contribution in [3.63, 3.8) is 0 Å². The van der Waals surface area contributed by atoms with Gasteiger partial charge in [-0.2, -0.15) is 0 Å². The van der Waals surface area contributed by atoms with Gasteiger partial charge in [-0.3, -0.25) is 14.9 Å².